The first-order valence-electron chi connectivity index (χ1n) is 10.9. The van der Waals surface area contributed by atoms with Gasteiger partial charge in [-0.3, -0.25) is 9.59 Å². The summed E-state index contributed by atoms with van der Waals surface area (Å²) in [5, 5.41) is 0. The van der Waals surface area contributed by atoms with Crippen molar-refractivity contribution in [1.29, 1.82) is 0 Å². The normalized spacial score (nSPS) is 11.5. The highest BCUT2D eigenvalue weighted by Crippen LogP contribution is 2.24. The van der Waals surface area contributed by atoms with Gasteiger partial charge in [-0.2, -0.15) is 4.99 Å². The SMILES string of the molecule is CCCCCCOSc1cccc(C(=O)N=C(N)c2cc(C(=O)CCC)c(N)cc2N)c1. The first-order valence-corrected chi connectivity index (χ1v) is 11.6. The van der Waals surface area contributed by atoms with E-state index in [1.807, 2.05) is 13.0 Å². The molecule has 2 aromatic rings. The average molecular weight is 457 g/mol. The van der Waals surface area contributed by atoms with Gasteiger partial charge < -0.3 is 21.4 Å². The first kappa shape index (κ1) is 25.4. The van der Waals surface area contributed by atoms with Gasteiger partial charge in [-0.15, -0.1) is 0 Å². The van der Waals surface area contributed by atoms with Crippen molar-refractivity contribution < 1.29 is 13.8 Å². The summed E-state index contributed by atoms with van der Waals surface area (Å²) in [7, 11) is 0. The molecule has 2 aromatic carbocycles. The Bertz CT molecular complexity index is 976. The highest BCUT2D eigenvalue weighted by atomic mass is 32.2. The molecule has 32 heavy (non-hydrogen) atoms. The number of ketones is 1. The van der Waals surface area contributed by atoms with Crippen molar-refractivity contribution in [3.8, 4) is 0 Å². The zero-order valence-corrected chi connectivity index (χ0v) is 19.5. The number of anilines is 2. The number of benzene rings is 2. The van der Waals surface area contributed by atoms with Crippen LogP contribution < -0.4 is 17.2 Å². The Morgan fingerprint density at radius 2 is 1.72 bits per heavy atom. The summed E-state index contributed by atoms with van der Waals surface area (Å²) in [4.78, 5) is 29.8. The Kier molecular flexibility index (Phi) is 10.2. The van der Waals surface area contributed by atoms with Crippen LogP contribution >= 0.6 is 12.0 Å². The van der Waals surface area contributed by atoms with E-state index in [1.165, 1.54) is 37.0 Å². The molecular formula is C24H32N4O3S. The predicted molar refractivity (Wildman–Crippen MR) is 132 cm³/mol. The Morgan fingerprint density at radius 3 is 2.44 bits per heavy atom. The predicted octanol–water partition coefficient (Wildman–Crippen LogP) is 4.98. The molecule has 0 spiro atoms. The van der Waals surface area contributed by atoms with Gasteiger partial charge in [-0.25, -0.2) is 0 Å². The third-order valence-electron chi connectivity index (χ3n) is 4.81. The molecule has 0 saturated heterocycles. The van der Waals surface area contributed by atoms with E-state index < -0.39 is 5.91 Å². The van der Waals surface area contributed by atoms with E-state index in [-0.39, 0.29) is 23.0 Å². The van der Waals surface area contributed by atoms with Crippen LogP contribution in [0.3, 0.4) is 0 Å². The van der Waals surface area contributed by atoms with Crippen molar-refractivity contribution in [3.63, 3.8) is 0 Å². The maximum atomic E-state index is 12.7. The van der Waals surface area contributed by atoms with Gasteiger partial charge in [0, 0.05) is 51.4 Å². The second-order valence-electron chi connectivity index (χ2n) is 7.50. The molecule has 0 heterocycles. The Hall–Kier alpha value is -2.84. The fourth-order valence-electron chi connectivity index (χ4n) is 3.07. The number of hydrogen-bond acceptors (Lipinski definition) is 6. The molecule has 0 unspecified atom stereocenters. The number of Topliss-reactive ketones (excluding diaryl/α,β-unsaturated/α-hetero) is 1. The van der Waals surface area contributed by atoms with Crippen molar-refractivity contribution in [2.75, 3.05) is 18.1 Å². The summed E-state index contributed by atoms with van der Waals surface area (Å²) in [6.07, 6.45) is 5.57. The number of aliphatic imine (C=N–C) groups is 1. The summed E-state index contributed by atoms with van der Waals surface area (Å²) in [5.74, 6) is -0.682. The minimum atomic E-state index is -0.509. The molecule has 0 radical (unpaired) electrons. The highest BCUT2D eigenvalue weighted by Gasteiger charge is 2.16. The first-order chi connectivity index (χ1) is 15.4. The zero-order chi connectivity index (χ0) is 23.5. The molecule has 2 rings (SSSR count). The molecule has 7 nitrogen and oxygen atoms in total. The number of amidine groups is 1. The standard InChI is InChI=1S/C24H32N4O3S/c1-3-5-6-7-12-31-32-17-11-8-10-16(13-17)24(30)28-23(27)19-14-18(22(29)9-4-2)20(25)15-21(19)26/h8,10-11,13-15H,3-7,9,12,25-26H2,1-2H3,(H2,27,28,30). The maximum absolute atomic E-state index is 12.7. The number of carbonyl (C=O) groups excluding carboxylic acids is 2. The smallest absolute Gasteiger partial charge is 0.278 e. The fourth-order valence-corrected chi connectivity index (χ4v) is 3.72. The fraction of sp³-hybridized carbons (Fsp3) is 0.375. The molecule has 0 aliphatic carbocycles. The van der Waals surface area contributed by atoms with Crippen LogP contribution in [0.15, 0.2) is 46.3 Å². The molecule has 0 atom stereocenters. The van der Waals surface area contributed by atoms with Gasteiger partial charge in [-0.05, 0) is 43.2 Å². The van der Waals surface area contributed by atoms with Crippen molar-refractivity contribution in [1.82, 2.24) is 0 Å². The quantitative estimate of drug-likeness (QED) is 0.102. The van der Waals surface area contributed by atoms with E-state index in [0.29, 0.717) is 36.1 Å². The van der Waals surface area contributed by atoms with Crippen molar-refractivity contribution in [3.05, 3.63) is 53.1 Å². The summed E-state index contributed by atoms with van der Waals surface area (Å²) in [6, 6.07) is 9.98. The van der Waals surface area contributed by atoms with Crippen molar-refractivity contribution >= 4 is 40.9 Å². The van der Waals surface area contributed by atoms with E-state index >= 15 is 0 Å². The lowest BCUT2D eigenvalue weighted by molar-refractivity contribution is 0.0980. The van der Waals surface area contributed by atoms with E-state index in [4.69, 9.17) is 21.4 Å². The molecule has 6 N–H and O–H groups in total. The zero-order valence-electron chi connectivity index (χ0n) is 18.7. The van der Waals surface area contributed by atoms with E-state index in [1.54, 1.807) is 18.2 Å². The van der Waals surface area contributed by atoms with Crippen LogP contribution in [-0.2, 0) is 4.18 Å². The van der Waals surface area contributed by atoms with Crippen molar-refractivity contribution in [2.24, 2.45) is 10.7 Å². The number of nitrogens with zero attached hydrogens (tertiary/aromatic N) is 1. The van der Waals surface area contributed by atoms with Gasteiger partial charge in [0.05, 0.1) is 6.61 Å². The molecule has 0 aliphatic heterocycles. The number of nitrogens with two attached hydrogens (primary N) is 3. The van der Waals surface area contributed by atoms with Gasteiger partial charge in [0.15, 0.2) is 5.78 Å². The lowest BCUT2D eigenvalue weighted by Crippen LogP contribution is -2.19. The molecule has 0 aliphatic rings. The molecule has 0 aromatic heterocycles. The molecule has 1 amide bonds. The number of amides is 1. The van der Waals surface area contributed by atoms with Gasteiger partial charge >= 0.3 is 0 Å². The molecular weight excluding hydrogens is 424 g/mol. The number of nitrogen functional groups attached to an aromatic ring is 2. The second kappa shape index (κ2) is 12.9. The molecule has 0 bridgehead atoms. The Morgan fingerprint density at radius 1 is 0.969 bits per heavy atom. The molecule has 0 fully saturated rings. The Balaban J connectivity index is 2.13. The molecule has 172 valence electrons. The summed E-state index contributed by atoms with van der Waals surface area (Å²) >= 11 is 1.24. The highest BCUT2D eigenvalue weighted by molar-refractivity contribution is 7.94. The van der Waals surface area contributed by atoms with Gasteiger partial charge in [0.1, 0.15) is 5.84 Å². The van der Waals surface area contributed by atoms with Crippen LogP contribution in [0, 0.1) is 0 Å². The van der Waals surface area contributed by atoms with Crippen LogP contribution in [0.1, 0.15) is 78.7 Å². The minimum Gasteiger partial charge on any atom is -0.398 e. The number of carbonyl (C=O) groups is 2. The van der Waals surface area contributed by atoms with Crippen LogP contribution in [0.4, 0.5) is 11.4 Å². The maximum Gasteiger partial charge on any atom is 0.278 e. The van der Waals surface area contributed by atoms with Gasteiger partial charge in [0.25, 0.3) is 5.91 Å². The van der Waals surface area contributed by atoms with Crippen LogP contribution in [-0.4, -0.2) is 24.1 Å². The second-order valence-corrected chi connectivity index (χ2v) is 8.37. The monoisotopic (exact) mass is 456 g/mol. The number of rotatable bonds is 12. The Labute approximate surface area is 194 Å². The van der Waals surface area contributed by atoms with Gasteiger partial charge in [-0.1, -0.05) is 39.2 Å². The topological polar surface area (TPSA) is 134 Å². The lowest BCUT2D eigenvalue weighted by Gasteiger charge is -2.11. The number of hydrogen-bond donors (Lipinski definition) is 3. The average Bonchev–Trinajstić information content (AvgIpc) is 2.76. The summed E-state index contributed by atoms with van der Waals surface area (Å²) in [6.45, 7) is 4.73. The van der Waals surface area contributed by atoms with Crippen molar-refractivity contribution in [2.45, 2.75) is 57.3 Å². The summed E-state index contributed by atoms with van der Waals surface area (Å²) in [5.41, 5.74) is 19.6. The number of unbranched alkanes of at least 4 members (excludes halogenated alkanes) is 3. The van der Waals surface area contributed by atoms with Gasteiger partial charge in [0.2, 0.25) is 0 Å². The summed E-state index contributed by atoms with van der Waals surface area (Å²) < 4.78 is 5.62. The van der Waals surface area contributed by atoms with Crippen LogP contribution in [0.2, 0.25) is 0 Å². The van der Waals surface area contributed by atoms with E-state index in [2.05, 4.69) is 11.9 Å². The van der Waals surface area contributed by atoms with E-state index in [9.17, 15) is 9.59 Å². The molecule has 8 heteroatoms. The third kappa shape index (κ3) is 7.39. The van der Waals surface area contributed by atoms with Crippen LogP contribution in [0.25, 0.3) is 0 Å². The van der Waals surface area contributed by atoms with Crippen LogP contribution in [0.5, 0.6) is 0 Å². The lowest BCUT2D eigenvalue weighted by atomic mass is 10.00. The molecule has 0 saturated carbocycles. The third-order valence-corrected chi connectivity index (χ3v) is 5.55. The largest absolute Gasteiger partial charge is 0.398 e. The van der Waals surface area contributed by atoms with E-state index in [0.717, 1.165) is 17.7 Å². The minimum absolute atomic E-state index is 0.0664.